The first-order valence-electron chi connectivity index (χ1n) is 5.68. The first kappa shape index (κ1) is 14.2. The summed E-state index contributed by atoms with van der Waals surface area (Å²) in [6, 6.07) is -0.0178. The average Bonchev–Trinajstić information content (AvgIpc) is 2.17. The van der Waals surface area contributed by atoms with Gasteiger partial charge >= 0.3 is 6.03 Å². The van der Waals surface area contributed by atoms with Gasteiger partial charge in [0, 0.05) is 20.1 Å². The van der Waals surface area contributed by atoms with Crippen LogP contribution in [0.5, 0.6) is 0 Å². The van der Waals surface area contributed by atoms with E-state index in [1.807, 2.05) is 13.8 Å². The topological polar surface area (TPSA) is 41.6 Å². The van der Waals surface area contributed by atoms with E-state index in [0.717, 1.165) is 19.4 Å². The molecule has 0 heterocycles. The largest absolute Gasteiger partial charge is 0.377 e. The smallest absolute Gasteiger partial charge is 0.317 e. The maximum absolute atomic E-state index is 11.5. The average molecular weight is 216 g/mol. The van der Waals surface area contributed by atoms with Gasteiger partial charge in [0.15, 0.2) is 0 Å². The van der Waals surface area contributed by atoms with Crippen LogP contribution >= 0.6 is 0 Å². The lowest BCUT2D eigenvalue weighted by Crippen LogP contribution is -2.39. The lowest BCUT2D eigenvalue weighted by Gasteiger charge is -2.18. The minimum atomic E-state index is -0.0178. The second-order valence-electron chi connectivity index (χ2n) is 3.93. The maximum atomic E-state index is 11.5. The van der Waals surface area contributed by atoms with Gasteiger partial charge in [-0.25, -0.2) is 4.79 Å². The van der Waals surface area contributed by atoms with Crippen LogP contribution in [-0.2, 0) is 4.74 Å². The van der Waals surface area contributed by atoms with E-state index in [9.17, 15) is 4.79 Å². The molecule has 1 N–H and O–H groups in total. The van der Waals surface area contributed by atoms with Crippen LogP contribution in [0.3, 0.4) is 0 Å². The molecular weight excluding hydrogens is 192 g/mol. The molecule has 2 amide bonds. The number of nitrogens with one attached hydrogen (secondary N) is 1. The summed E-state index contributed by atoms with van der Waals surface area (Å²) in [7, 11) is 1.78. The molecule has 15 heavy (non-hydrogen) atoms. The van der Waals surface area contributed by atoms with E-state index in [4.69, 9.17) is 4.74 Å². The molecule has 0 saturated heterocycles. The number of unbranched alkanes of at least 4 members (excludes halogenated alkanes) is 1. The van der Waals surface area contributed by atoms with E-state index < -0.39 is 0 Å². The number of likely N-dealkylation sites (N-methyl/N-ethyl adjacent to an activating group) is 1. The van der Waals surface area contributed by atoms with Crippen LogP contribution in [0.2, 0.25) is 0 Å². The Morgan fingerprint density at radius 2 is 2.13 bits per heavy atom. The van der Waals surface area contributed by atoms with Gasteiger partial charge in [-0.2, -0.15) is 0 Å². The van der Waals surface area contributed by atoms with Crippen LogP contribution in [0, 0.1) is 0 Å². The minimum absolute atomic E-state index is 0.0178. The first-order valence-corrected chi connectivity index (χ1v) is 5.68. The highest BCUT2D eigenvalue weighted by atomic mass is 16.5. The van der Waals surface area contributed by atoms with Gasteiger partial charge in [0.25, 0.3) is 0 Å². The molecule has 0 aliphatic rings. The summed E-state index contributed by atoms with van der Waals surface area (Å²) in [5.41, 5.74) is 0. The lowest BCUT2D eigenvalue weighted by molar-refractivity contribution is 0.0681. The van der Waals surface area contributed by atoms with Gasteiger partial charge in [0.2, 0.25) is 0 Å². The van der Waals surface area contributed by atoms with Gasteiger partial charge in [0.1, 0.15) is 0 Å². The predicted octanol–water partition coefficient (Wildman–Crippen LogP) is 1.85. The molecule has 0 atom stereocenters. The van der Waals surface area contributed by atoms with Gasteiger partial charge in [0.05, 0.1) is 12.7 Å². The number of carbonyl (C=O) groups excluding carboxylic acids is 1. The molecule has 0 aromatic heterocycles. The fourth-order valence-corrected chi connectivity index (χ4v) is 1.03. The van der Waals surface area contributed by atoms with Crippen molar-refractivity contribution in [1.82, 2.24) is 10.2 Å². The molecule has 0 aromatic rings. The zero-order chi connectivity index (χ0) is 11.7. The molecule has 4 nitrogen and oxygen atoms in total. The number of amides is 2. The third kappa shape index (κ3) is 8.24. The summed E-state index contributed by atoms with van der Waals surface area (Å²) in [5, 5.41) is 2.85. The second-order valence-corrected chi connectivity index (χ2v) is 3.93. The van der Waals surface area contributed by atoms with E-state index in [1.165, 1.54) is 0 Å². The Morgan fingerprint density at radius 1 is 1.47 bits per heavy atom. The van der Waals surface area contributed by atoms with E-state index in [-0.39, 0.29) is 12.1 Å². The van der Waals surface area contributed by atoms with Crippen molar-refractivity contribution < 1.29 is 9.53 Å². The molecule has 0 rings (SSSR count). The van der Waals surface area contributed by atoms with Crippen molar-refractivity contribution in [3.63, 3.8) is 0 Å². The quantitative estimate of drug-likeness (QED) is 0.660. The third-order valence-electron chi connectivity index (χ3n) is 2.03. The summed E-state index contributed by atoms with van der Waals surface area (Å²) in [4.78, 5) is 13.1. The molecule has 0 aliphatic heterocycles. The molecule has 0 unspecified atom stereocenters. The second kappa shape index (κ2) is 8.53. The van der Waals surface area contributed by atoms with Crippen molar-refractivity contribution >= 4 is 6.03 Å². The molecule has 0 spiro atoms. The van der Waals surface area contributed by atoms with Crippen molar-refractivity contribution in [2.24, 2.45) is 0 Å². The zero-order valence-electron chi connectivity index (χ0n) is 10.4. The first-order chi connectivity index (χ1) is 7.07. The predicted molar refractivity (Wildman–Crippen MR) is 62.0 cm³/mol. The molecule has 0 aromatic carbocycles. The Kier molecular flexibility index (Phi) is 8.09. The monoisotopic (exact) mass is 216 g/mol. The van der Waals surface area contributed by atoms with Crippen molar-refractivity contribution in [3.05, 3.63) is 0 Å². The third-order valence-corrected chi connectivity index (χ3v) is 2.03. The van der Waals surface area contributed by atoms with Gasteiger partial charge < -0.3 is 15.0 Å². The summed E-state index contributed by atoms with van der Waals surface area (Å²) in [5.74, 6) is 0. The van der Waals surface area contributed by atoms with Crippen LogP contribution in [0.25, 0.3) is 0 Å². The number of nitrogens with zero attached hydrogens (tertiary/aromatic N) is 1. The van der Waals surface area contributed by atoms with E-state index in [1.54, 1.807) is 11.9 Å². The zero-order valence-corrected chi connectivity index (χ0v) is 10.4. The van der Waals surface area contributed by atoms with Crippen LogP contribution in [-0.4, -0.2) is 43.8 Å². The fourth-order valence-electron chi connectivity index (χ4n) is 1.03. The Bertz CT molecular complexity index is 172. The molecule has 0 saturated carbocycles. The Labute approximate surface area is 93.0 Å². The van der Waals surface area contributed by atoms with Gasteiger partial charge in [-0.3, -0.25) is 0 Å². The van der Waals surface area contributed by atoms with Gasteiger partial charge in [-0.1, -0.05) is 13.3 Å². The van der Waals surface area contributed by atoms with Crippen molar-refractivity contribution in [2.45, 2.75) is 39.7 Å². The van der Waals surface area contributed by atoms with Gasteiger partial charge in [-0.15, -0.1) is 0 Å². The van der Waals surface area contributed by atoms with E-state index >= 15 is 0 Å². The molecule has 90 valence electrons. The van der Waals surface area contributed by atoms with Crippen LogP contribution in [0.15, 0.2) is 0 Å². The SMILES string of the molecule is CCCCNC(=O)N(C)CCOC(C)C. The van der Waals surface area contributed by atoms with Gasteiger partial charge in [-0.05, 0) is 20.3 Å². The highest BCUT2D eigenvalue weighted by molar-refractivity contribution is 5.73. The Balaban J connectivity index is 3.51. The molecule has 0 aliphatic carbocycles. The number of rotatable bonds is 7. The fraction of sp³-hybridized carbons (Fsp3) is 0.909. The molecule has 0 fully saturated rings. The number of ether oxygens (including phenoxy) is 1. The summed E-state index contributed by atoms with van der Waals surface area (Å²) >= 11 is 0. The summed E-state index contributed by atoms with van der Waals surface area (Å²) < 4.78 is 5.37. The van der Waals surface area contributed by atoms with Crippen molar-refractivity contribution in [3.8, 4) is 0 Å². The minimum Gasteiger partial charge on any atom is -0.377 e. The molecule has 4 heteroatoms. The number of hydrogen-bond donors (Lipinski definition) is 1. The van der Waals surface area contributed by atoms with E-state index in [0.29, 0.717) is 13.2 Å². The number of urea groups is 1. The number of hydrogen-bond acceptors (Lipinski definition) is 2. The number of carbonyl (C=O) groups is 1. The maximum Gasteiger partial charge on any atom is 0.317 e. The standard InChI is InChI=1S/C11H24N2O2/c1-5-6-7-12-11(14)13(4)8-9-15-10(2)3/h10H,5-9H2,1-4H3,(H,12,14). The normalized spacial score (nSPS) is 10.5. The van der Waals surface area contributed by atoms with Crippen molar-refractivity contribution in [2.75, 3.05) is 26.7 Å². The molecule has 0 bridgehead atoms. The van der Waals surface area contributed by atoms with Crippen LogP contribution in [0.4, 0.5) is 4.79 Å². The van der Waals surface area contributed by atoms with Crippen LogP contribution in [0.1, 0.15) is 33.6 Å². The lowest BCUT2D eigenvalue weighted by atomic mass is 10.3. The molecular formula is C11H24N2O2. The Hall–Kier alpha value is -0.770. The highest BCUT2D eigenvalue weighted by Crippen LogP contribution is 1.91. The highest BCUT2D eigenvalue weighted by Gasteiger charge is 2.06. The molecule has 0 radical (unpaired) electrons. The summed E-state index contributed by atoms with van der Waals surface area (Å²) in [6.45, 7) is 8.06. The van der Waals surface area contributed by atoms with Crippen LogP contribution < -0.4 is 5.32 Å². The van der Waals surface area contributed by atoms with Crippen molar-refractivity contribution in [1.29, 1.82) is 0 Å². The Morgan fingerprint density at radius 3 is 2.67 bits per heavy atom. The summed E-state index contributed by atoms with van der Waals surface area (Å²) in [6.07, 6.45) is 2.35. The van der Waals surface area contributed by atoms with E-state index in [2.05, 4.69) is 12.2 Å².